The first-order valence-electron chi connectivity index (χ1n) is 10.1. The molecular weight excluding hydrogens is 398 g/mol. The van der Waals surface area contributed by atoms with Crippen molar-refractivity contribution in [2.45, 2.75) is 30.1 Å². The highest BCUT2D eigenvalue weighted by Crippen LogP contribution is 2.30. The van der Waals surface area contributed by atoms with Crippen LogP contribution in [0.1, 0.15) is 31.0 Å². The van der Waals surface area contributed by atoms with Gasteiger partial charge in [0.1, 0.15) is 5.82 Å². The monoisotopic (exact) mass is 423 g/mol. The number of benzene rings is 2. The first kappa shape index (κ1) is 20.3. The number of primary amides is 1. The van der Waals surface area contributed by atoms with Crippen molar-refractivity contribution < 1.29 is 9.59 Å². The van der Waals surface area contributed by atoms with Gasteiger partial charge < -0.3 is 20.9 Å². The van der Waals surface area contributed by atoms with Crippen molar-refractivity contribution in [3.05, 3.63) is 54.4 Å². The van der Waals surface area contributed by atoms with E-state index in [-0.39, 0.29) is 17.9 Å². The number of aromatic amines is 1. The maximum absolute atomic E-state index is 13.0. The molecule has 0 bridgehead atoms. The summed E-state index contributed by atoms with van der Waals surface area (Å²) in [6.45, 7) is 1.35. The number of nitrogens with two attached hydrogens (primary N) is 1. The molecule has 0 saturated carbocycles. The van der Waals surface area contributed by atoms with Crippen LogP contribution in [0.25, 0.3) is 11.0 Å². The van der Waals surface area contributed by atoms with Crippen LogP contribution >= 0.6 is 11.8 Å². The molecule has 1 unspecified atom stereocenters. The topological polar surface area (TPSA) is 104 Å². The van der Waals surface area contributed by atoms with Gasteiger partial charge in [-0.05, 0) is 37.1 Å². The minimum Gasteiger partial charge on any atom is -0.370 e. The van der Waals surface area contributed by atoms with Crippen molar-refractivity contribution in [1.29, 1.82) is 0 Å². The highest BCUT2D eigenvalue weighted by Gasteiger charge is 2.27. The van der Waals surface area contributed by atoms with E-state index in [9.17, 15) is 9.59 Å². The van der Waals surface area contributed by atoms with Crippen LogP contribution in [-0.2, 0) is 4.79 Å². The standard InChI is InChI=1S/C22H25N5O2S/c23-20(28)11-13-30-19-10-4-3-9-18(19)26-22(29)27-12-5-6-15(14-27)21-24-16-7-1-2-8-17(16)25-21/h1-4,7-10,15H,5-6,11-14H2,(H2,23,28)(H,24,25)(H,26,29). The van der Waals surface area contributed by atoms with Crippen LogP contribution in [0, 0.1) is 0 Å². The first-order valence-corrected chi connectivity index (χ1v) is 11.1. The number of likely N-dealkylation sites (tertiary alicyclic amines) is 1. The minimum atomic E-state index is -0.325. The van der Waals surface area contributed by atoms with Crippen LogP contribution in [-0.4, -0.2) is 45.6 Å². The van der Waals surface area contributed by atoms with Gasteiger partial charge in [-0.1, -0.05) is 24.3 Å². The maximum atomic E-state index is 13.0. The van der Waals surface area contributed by atoms with Gasteiger partial charge >= 0.3 is 6.03 Å². The number of fused-ring (bicyclic) bond motifs is 1. The second kappa shape index (κ2) is 9.21. The SMILES string of the molecule is NC(=O)CCSc1ccccc1NC(=O)N1CCCC(c2nc3ccccc3[nH]2)C1. The molecular formula is C22H25N5O2S. The zero-order chi connectivity index (χ0) is 20.9. The Morgan fingerprint density at radius 2 is 2.00 bits per heavy atom. The largest absolute Gasteiger partial charge is 0.370 e. The first-order chi connectivity index (χ1) is 14.6. The Morgan fingerprint density at radius 1 is 1.20 bits per heavy atom. The number of thioether (sulfide) groups is 1. The number of aromatic nitrogens is 2. The van der Waals surface area contributed by atoms with Crippen LogP contribution in [0.4, 0.5) is 10.5 Å². The number of hydrogen-bond acceptors (Lipinski definition) is 4. The molecule has 8 heteroatoms. The van der Waals surface area contributed by atoms with Gasteiger partial charge in [0.05, 0.1) is 16.7 Å². The second-order valence-electron chi connectivity index (χ2n) is 7.42. The average Bonchev–Trinajstić information content (AvgIpc) is 3.19. The Labute approximate surface area is 179 Å². The van der Waals surface area contributed by atoms with Gasteiger partial charge in [-0.3, -0.25) is 4.79 Å². The third-order valence-electron chi connectivity index (χ3n) is 5.24. The van der Waals surface area contributed by atoms with Gasteiger partial charge in [-0.2, -0.15) is 0 Å². The van der Waals surface area contributed by atoms with E-state index < -0.39 is 0 Å². The molecule has 3 amide bonds. The van der Waals surface area contributed by atoms with E-state index in [1.165, 1.54) is 11.8 Å². The molecule has 1 aromatic heterocycles. The summed E-state index contributed by atoms with van der Waals surface area (Å²) in [5.74, 6) is 1.39. The zero-order valence-corrected chi connectivity index (χ0v) is 17.5. The maximum Gasteiger partial charge on any atom is 0.321 e. The molecule has 1 aliphatic rings. The van der Waals surface area contributed by atoms with Gasteiger partial charge in [0.15, 0.2) is 0 Å². The summed E-state index contributed by atoms with van der Waals surface area (Å²) < 4.78 is 0. The van der Waals surface area contributed by atoms with Gasteiger partial charge in [0.2, 0.25) is 5.91 Å². The molecule has 3 aromatic rings. The van der Waals surface area contributed by atoms with E-state index in [2.05, 4.69) is 10.3 Å². The number of carbonyl (C=O) groups is 2. The quantitative estimate of drug-likeness (QED) is 0.522. The molecule has 2 heterocycles. The third-order valence-corrected chi connectivity index (χ3v) is 6.31. The molecule has 0 radical (unpaired) electrons. The Bertz CT molecular complexity index is 1020. The number of carbonyl (C=O) groups excluding carboxylic acids is 2. The number of nitrogens with one attached hydrogen (secondary N) is 2. The number of imidazole rings is 1. The van der Waals surface area contributed by atoms with Crippen LogP contribution < -0.4 is 11.1 Å². The molecule has 4 rings (SSSR count). The molecule has 156 valence electrons. The van der Waals surface area contributed by atoms with E-state index in [4.69, 9.17) is 10.7 Å². The lowest BCUT2D eigenvalue weighted by Gasteiger charge is -2.32. The van der Waals surface area contributed by atoms with Gasteiger partial charge in [0.25, 0.3) is 0 Å². The fourth-order valence-corrected chi connectivity index (χ4v) is 4.67. The van der Waals surface area contributed by atoms with Crippen molar-refractivity contribution in [2.24, 2.45) is 5.73 Å². The minimum absolute atomic E-state index is 0.112. The number of nitrogens with zero attached hydrogens (tertiary/aromatic N) is 2. The molecule has 1 aliphatic heterocycles. The zero-order valence-electron chi connectivity index (χ0n) is 16.6. The lowest BCUT2D eigenvalue weighted by atomic mass is 9.97. The summed E-state index contributed by atoms with van der Waals surface area (Å²) in [4.78, 5) is 34.8. The predicted octanol–water partition coefficient (Wildman–Crippen LogP) is 3.94. The predicted molar refractivity (Wildman–Crippen MR) is 120 cm³/mol. The number of anilines is 1. The number of H-pyrrole nitrogens is 1. The molecule has 7 nitrogen and oxygen atoms in total. The van der Waals surface area contributed by atoms with E-state index >= 15 is 0 Å². The Kier molecular flexibility index (Phi) is 6.23. The molecule has 30 heavy (non-hydrogen) atoms. The number of rotatable bonds is 6. The second-order valence-corrected chi connectivity index (χ2v) is 8.55. The Hall–Kier alpha value is -3.00. The number of hydrogen-bond donors (Lipinski definition) is 3. The number of urea groups is 1. The number of piperidine rings is 1. The van der Waals surface area contributed by atoms with Gasteiger partial charge in [-0.25, -0.2) is 9.78 Å². The average molecular weight is 424 g/mol. The third kappa shape index (κ3) is 4.76. The molecule has 1 saturated heterocycles. The normalized spacial score (nSPS) is 16.5. The summed E-state index contributed by atoms with van der Waals surface area (Å²) in [7, 11) is 0. The molecule has 0 aliphatic carbocycles. The smallest absolute Gasteiger partial charge is 0.321 e. The molecule has 0 spiro atoms. The van der Waals surface area contributed by atoms with Crippen molar-refractivity contribution in [3.63, 3.8) is 0 Å². The van der Waals surface area contributed by atoms with Crippen molar-refractivity contribution in [2.75, 3.05) is 24.2 Å². The van der Waals surface area contributed by atoms with E-state index in [1.807, 2.05) is 53.4 Å². The summed E-state index contributed by atoms with van der Waals surface area (Å²) in [6.07, 6.45) is 2.24. The van der Waals surface area contributed by atoms with Crippen LogP contribution in [0.5, 0.6) is 0 Å². The van der Waals surface area contributed by atoms with Crippen molar-refractivity contribution >= 4 is 40.4 Å². The molecule has 1 fully saturated rings. The van der Waals surface area contributed by atoms with E-state index in [0.717, 1.165) is 46.8 Å². The van der Waals surface area contributed by atoms with E-state index in [1.54, 1.807) is 0 Å². The Balaban J connectivity index is 1.42. The molecule has 4 N–H and O–H groups in total. The molecule has 2 aromatic carbocycles. The summed E-state index contributed by atoms with van der Waals surface area (Å²) in [5, 5.41) is 3.04. The van der Waals surface area contributed by atoms with Crippen LogP contribution in [0.2, 0.25) is 0 Å². The Morgan fingerprint density at radius 3 is 2.83 bits per heavy atom. The fraction of sp³-hybridized carbons (Fsp3) is 0.318. The number of amides is 3. The number of para-hydroxylation sites is 3. The van der Waals surface area contributed by atoms with E-state index in [0.29, 0.717) is 18.7 Å². The summed E-state index contributed by atoms with van der Waals surface area (Å²) in [6, 6.07) is 15.5. The highest BCUT2D eigenvalue weighted by atomic mass is 32.2. The van der Waals surface area contributed by atoms with Crippen molar-refractivity contribution in [1.82, 2.24) is 14.9 Å². The van der Waals surface area contributed by atoms with Gasteiger partial charge in [-0.15, -0.1) is 11.8 Å². The summed E-state index contributed by atoms with van der Waals surface area (Å²) >= 11 is 1.51. The van der Waals surface area contributed by atoms with Crippen molar-refractivity contribution in [3.8, 4) is 0 Å². The van der Waals surface area contributed by atoms with Gasteiger partial charge in [0, 0.05) is 36.1 Å². The fourth-order valence-electron chi connectivity index (χ4n) is 3.70. The molecule has 1 atom stereocenters. The lowest BCUT2D eigenvalue weighted by Crippen LogP contribution is -2.41. The van der Waals surface area contributed by atoms with Crippen LogP contribution in [0.3, 0.4) is 0 Å². The van der Waals surface area contributed by atoms with Crippen LogP contribution in [0.15, 0.2) is 53.4 Å². The summed E-state index contributed by atoms with van der Waals surface area (Å²) in [5.41, 5.74) is 7.95. The lowest BCUT2D eigenvalue weighted by molar-refractivity contribution is -0.117. The highest BCUT2D eigenvalue weighted by molar-refractivity contribution is 7.99.